The zero-order valence-electron chi connectivity index (χ0n) is 16.3. The Morgan fingerprint density at radius 2 is 1.96 bits per heavy atom. The molecule has 1 aromatic rings. The van der Waals surface area contributed by atoms with E-state index in [1.165, 1.54) is 29.7 Å². The largest absolute Gasteiger partial charge is 0.355 e. The van der Waals surface area contributed by atoms with Crippen molar-refractivity contribution in [1.82, 2.24) is 15.5 Å². The first-order chi connectivity index (χ1) is 12.6. The maximum Gasteiger partial charge on any atom is 0.222 e. The number of aliphatic imine (C=N–C) groups is 1. The van der Waals surface area contributed by atoms with E-state index in [-0.39, 0.29) is 29.9 Å². The highest BCUT2D eigenvalue weighted by molar-refractivity contribution is 14.0. The number of likely N-dealkylation sites (tertiary alicyclic amines) is 1. The second-order valence-corrected chi connectivity index (χ2v) is 9.10. The van der Waals surface area contributed by atoms with Crippen LogP contribution < -0.4 is 10.6 Å². The Kier molecular flexibility index (Phi) is 8.72. The molecule has 1 amide bonds. The minimum Gasteiger partial charge on any atom is -0.355 e. The van der Waals surface area contributed by atoms with Gasteiger partial charge in [-0.15, -0.1) is 24.0 Å². The van der Waals surface area contributed by atoms with Crippen LogP contribution in [0.3, 0.4) is 0 Å². The van der Waals surface area contributed by atoms with Crippen LogP contribution in [0.2, 0.25) is 0 Å². The van der Waals surface area contributed by atoms with Crippen molar-refractivity contribution in [3.63, 3.8) is 0 Å². The predicted octanol–water partition coefficient (Wildman–Crippen LogP) is 3.38. The molecule has 27 heavy (non-hydrogen) atoms. The first kappa shape index (κ1) is 22.3. The summed E-state index contributed by atoms with van der Waals surface area (Å²) in [6.07, 6.45) is 4.27. The Morgan fingerprint density at radius 3 is 2.56 bits per heavy atom. The fraction of sp³-hybridized carbons (Fsp3) is 0.600. The lowest BCUT2D eigenvalue weighted by Crippen LogP contribution is -2.43. The third-order valence-electron chi connectivity index (χ3n) is 5.18. The molecule has 3 rings (SSSR count). The quantitative estimate of drug-likeness (QED) is 0.356. The van der Waals surface area contributed by atoms with Crippen LogP contribution in [0.1, 0.15) is 43.7 Å². The number of benzene rings is 1. The number of hydrogen-bond donors (Lipinski definition) is 2. The summed E-state index contributed by atoms with van der Waals surface area (Å²) in [4.78, 5) is 18.0. The second-order valence-electron chi connectivity index (χ2n) is 7.42. The number of guanidine groups is 1. The number of thioether (sulfide) groups is 1. The molecule has 0 bridgehead atoms. The van der Waals surface area contributed by atoms with Gasteiger partial charge >= 0.3 is 0 Å². The topological polar surface area (TPSA) is 56.7 Å². The minimum atomic E-state index is 0. The number of carbonyl (C=O) groups excluding carboxylic acids is 1. The molecule has 2 N–H and O–H groups in total. The molecule has 1 unspecified atom stereocenters. The lowest BCUT2D eigenvalue weighted by Gasteiger charge is -2.24. The van der Waals surface area contributed by atoms with E-state index in [9.17, 15) is 4.79 Å². The smallest absolute Gasteiger partial charge is 0.222 e. The van der Waals surface area contributed by atoms with E-state index in [2.05, 4.69) is 58.6 Å². The van der Waals surface area contributed by atoms with Crippen molar-refractivity contribution in [1.29, 1.82) is 0 Å². The van der Waals surface area contributed by atoms with Crippen LogP contribution in [0, 0.1) is 0 Å². The maximum atomic E-state index is 11.7. The van der Waals surface area contributed by atoms with Gasteiger partial charge in [-0.05, 0) is 43.1 Å². The van der Waals surface area contributed by atoms with Gasteiger partial charge in [0.25, 0.3) is 0 Å². The second kappa shape index (κ2) is 10.5. The minimum absolute atomic E-state index is 0. The van der Waals surface area contributed by atoms with Gasteiger partial charge in [-0.25, -0.2) is 0 Å². The third kappa shape index (κ3) is 6.55. The molecule has 0 spiro atoms. The summed E-state index contributed by atoms with van der Waals surface area (Å²) in [5, 5.41) is 6.85. The van der Waals surface area contributed by atoms with Crippen molar-refractivity contribution >= 4 is 47.6 Å². The van der Waals surface area contributed by atoms with E-state index in [0.717, 1.165) is 38.6 Å². The zero-order chi connectivity index (χ0) is 18.4. The van der Waals surface area contributed by atoms with E-state index >= 15 is 0 Å². The van der Waals surface area contributed by atoms with Crippen molar-refractivity contribution in [2.24, 2.45) is 4.99 Å². The number of amides is 1. The van der Waals surface area contributed by atoms with Gasteiger partial charge in [0.15, 0.2) is 5.96 Å². The van der Waals surface area contributed by atoms with Crippen molar-refractivity contribution in [2.75, 3.05) is 25.9 Å². The summed E-state index contributed by atoms with van der Waals surface area (Å²) in [5.41, 5.74) is 2.41. The van der Waals surface area contributed by atoms with Gasteiger partial charge in [0.05, 0.1) is 0 Å². The van der Waals surface area contributed by atoms with Crippen LogP contribution >= 0.6 is 35.7 Å². The van der Waals surface area contributed by atoms with Gasteiger partial charge in [0, 0.05) is 44.4 Å². The molecular weight excluding hydrogens is 471 g/mol. The molecule has 2 saturated heterocycles. The summed E-state index contributed by atoms with van der Waals surface area (Å²) < 4.78 is 0.326. The van der Waals surface area contributed by atoms with Gasteiger partial charge in [-0.2, -0.15) is 11.8 Å². The van der Waals surface area contributed by atoms with Gasteiger partial charge in [0.2, 0.25) is 5.91 Å². The molecule has 2 fully saturated rings. The summed E-state index contributed by atoms with van der Waals surface area (Å²) in [6, 6.07) is 8.50. The highest BCUT2D eigenvalue weighted by atomic mass is 127. The van der Waals surface area contributed by atoms with Crippen molar-refractivity contribution in [3.05, 3.63) is 35.4 Å². The van der Waals surface area contributed by atoms with Crippen LogP contribution in [0.15, 0.2) is 29.3 Å². The fourth-order valence-electron chi connectivity index (χ4n) is 3.51. The molecule has 0 aliphatic carbocycles. The van der Waals surface area contributed by atoms with Crippen molar-refractivity contribution in [2.45, 2.75) is 50.4 Å². The Bertz CT molecular complexity index is 644. The van der Waals surface area contributed by atoms with Crippen LogP contribution in [0.5, 0.6) is 0 Å². The maximum absolute atomic E-state index is 11.7. The Morgan fingerprint density at radius 1 is 1.22 bits per heavy atom. The lowest BCUT2D eigenvalue weighted by atomic mass is 10.1. The van der Waals surface area contributed by atoms with Crippen LogP contribution in [-0.4, -0.2) is 47.4 Å². The average molecular weight is 502 g/mol. The molecule has 0 radical (unpaired) electrons. The summed E-state index contributed by atoms with van der Waals surface area (Å²) in [6.45, 7) is 5.63. The molecule has 150 valence electrons. The van der Waals surface area contributed by atoms with Gasteiger partial charge in [0.1, 0.15) is 0 Å². The SMILES string of the molecule is CN=C(NCc1ccc(CN2CCCC2=O)cc1)NCC1(C)CCCS1.I. The predicted molar refractivity (Wildman–Crippen MR) is 125 cm³/mol. The van der Waals surface area contributed by atoms with Crippen molar-refractivity contribution in [3.8, 4) is 0 Å². The average Bonchev–Trinajstić information content (AvgIpc) is 3.26. The molecule has 0 saturated carbocycles. The number of nitrogens with zero attached hydrogens (tertiary/aromatic N) is 2. The molecule has 2 aliphatic heterocycles. The number of nitrogens with one attached hydrogen (secondary N) is 2. The molecule has 1 atom stereocenters. The summed E-state index contributed by atoms with van der Waals surface area (Å²) in [7, 11) is 1.82. The lowest BCUT2D eigenvalue weighted by molar-refractivity contribution is -0.128. The Balaban J connectivity index is 0.00000261. The van der Waals surface area contributed by atoms with E-state index in [1.807, 2.05) is 11.9 Å². The number of rotatable bonds is 6. The van der Waals surface area contributed by atoms with Crippen LogP contribution in [0.4, 0.5) is 0 Å². The third-order valence-corrected chi connectivity index (χ3v) is 6.72. The zero-order valence-corrected chi connectivity index (χ0v) is 19.4. The van der Waals surface area contributed by atoms with E-state index in [1.54, 1.807) is 0 Å². The Labute approximate surface area is 184 Å². The first-order valence-corrected chi connectivity index (χ1v) is 10.5. The van der Waals surface area contributed by atoms with Crippen LogP contribution in [-0.2, 0) is 17.9 Å². The number of hydrogen-bond acceptors (Lipinski definition) is 3. The van der Waals surface area contributed by atoms with Crippen molar-refractivity contribution < 1.29 is 4.79 Å². The Hall–Kier alpha value is -0.960. The van der Waals surface area contributed by atoms with E-state index in [4.69, 9.17) is 0 Å². The highest BCUT2D eigenvalue weighted by Gasteiger charge is 2.29. The molecule has 5 nitrogen and oxygen atoms in total. The molecular formula is C20H31IN4OS. The molecule has 0 aromatic heterocycles. The van der Waals surface area contributed by atoms with E-state index < -0.39 is 0 Å². The number of carbonyl (C=O) groups is 1. The highest BCUT2D eigenvalue weighted by Crippen LogP contribution is 2.36. The standard InChI is InChI=1S/C20H30N4OS.HI/c1-20(10-4-12-26-20)15-23-19(21-2)22-13-16-6-8-17(9-7-16)14-24-11-3-5-18(24)25;/h6-9H,3-5,10-15H2,1-2H3,(H2,21,22,23);1H. The molecule has 2 aliphatic rings. The monoisotopic (exact) mass is 502 g/mol. The fourth-order valence-corrected chi connectivity index (χ4v) is 4.75. The molecule has 1 aromatic carbocycles. The normalized spacial score (nSPS) is 22.7. The van der Waals surface area contributed by atoms with Gasteiger partial charge in [-0.3, -0.25) is 9.79 Å². The number of halogens is 1. The molecule has 2 heterocycles. The van der Waals surface area contributed by atoms with Gasteiger partial charge < -0.3 is 15.5 Å². The van der Waals surface area contributed by atoms with Crippen LogP contribution in [0.25, 0.3) is 0 Å². The summed E-state index contributed by atoms with van der Waals surface area (Å²) in [5.74, 6) is 2.39. The molecule has 7 heteroatoms. The first-order valence-electron chi connectivity index (χ1n) is 9.52. The summed E-state index contributed by atoms with van der Waals surface area (Å²) >= 11 is 2.05. The van der Waals surface area contributed by atoms with Gasteiger partial charge in [-0.1, -0.05) is 24.3 Å². The van der Waals surface area contributed by atoms with E-state index in [0.29, 0.717) is 11.2 Å².